The molecule has 0 aliphatic rings. The van der Waals surface area contributed by atoms with Gasteiger partial charge in [0.15, 0.2) is 0 Å². The molecule has 0 amide bonds. The van der Waals surface area contributed by atoms with E-state index in [1.807, 2.05) is 6.07 Å². The summed E-state index contributed by atoms with van der Waals surface area (Å²) in [5.74, 6) is 0.264. The van der Waals surface area contributed by atoms with Crippen molar-refractivity contribution in [2.24, 2.45) is 0 Å². The van der Waals surface area contributed by atoms with Gasteiger partial charge in [0.2, 0.25) is 0 Å². The van der Waals surface area contributed by atoms with Crippen LogP contribution in [0.3, 0.4) is 0 Å². The minimum absolute atomic E-state index is 0.264. The normalized spacial score (nSPS) is 10.9. The lowest BCUT2D eigenvalue weighted by molar-refractivity contribution is 0.464. The van der Waals surface area contributed by atoms with Gasteiger partial charge in [0, 0.05) is 0 Å². The van der Waals surface area contributed by atoms with Crippen molar-refractivity contribution < 1.29 is 5.11 Å². The van der Waals surface area contributed by atoms with Crippen molar-refractivity contribution in [1.82, 2.24) is 0 Å². The highest BCUT2D eigenvalue weighted by atomic mass is 32.1. The van der Waals surface area contributed by atoms with Gasteiger partial charge in [-0.25, -0.2) is 0 Å². The van der Waals surface area contributed by atoms with Gasteiger partial charge in [-0.2, -0.15) is 0 Å². The van der Waals surface area contributed by atoms with Crippen LogP contribution in [0, 0.1) is 0 Å². The largest absolute Gasteiger partial charge is 0.507 e. The van der Waals surface area contributed by atoms with Crippen LogP contribution in [0.4, 0.5) is 0 Å². The van der Waals surface area contributed by atoms with Crippen molar-refractivity contribution in [3.63, 3.8) is 0 Å². The van der Waals surface area contributed by atoms with E-state index in [4.69, 9.17) is 0 Å². The van der Waals surface area contributed by atoms with Crippen LogP contribution >= 0.6 is 24.0 Å². The molecule has 1 aromatic carbocycles. The van der Waals surface area contributed by atoms with Crippen molar-refractivity contribution in [1.29, 1.82) is 0 Å². The van der Waals surface area contributed by atoms with Gasteiger partial charge >= 0.3 is 0 Å². The molecule has 1 heterocycles. The van der Waals surface area contributed by atoms with E-state index in [1.165, 1.54) is 10.9 Å². The minimum atomic E-state index is 0.264. The van der Waals surface area contributed by atoms with Crippen LogP contribution in [-0.2, 0) is 6.42 Å². The van der Waals surface area contributed by atoms with Crippen molar-refractivity contribution in [3.8, 4) is 5.75 Å². The highest BCUT2D eigenvalue weighted by Gasteiger charge is 2.07. The van der Waals surface area contributed by atoms with Gasteiger partial charge in [0.25, 0.3) is 0 Å². The van der Waals surface area contributed by atoms with Gasteiger partial charge in [0.05, 0.1) is 9.60 Å². The Morgan fingerprint density at radius 2 is 2.23 bits per heavy atom. The fourth-order valence-electron chi connectivity index (χ4n) is 1.40. The molecule has 1 aromatic heterocycles. The molecule has 0 aliphatic carbocycles. The number of aromatic hydroxyl groups is 1. The topological polar surface area (TPSA) is 20.2 Å². The summed E-state index contributed by atoms with van der Waals surface area (Å²) in [7, 11) is 0. The lowest BCUT2D eigenvalue weighted by Crippen LogP contribution is -1.76. The number of benzene rings is 1. The Labute approximate surface area is 86.4 Å². The van der Waals surface area contributed by atoms with Crippen molar-refractivity contribution in [2.45, 2.75) is 18.2 Å². The first kappa shape index (κ1) is 8.91. The lowest BCUT2D eigenvalue weighted by Gasteiger charge is -1.99. The number of hydrogen-bond acceptors (Lipinski definition) is 3. The lowest BCUT2D eigenvalue weighted by atomic mass is 10.1. The molecule has 0 aliphatic heterocycles. The summed E-state index contributed by atoms with van der Waals surface area (Å²) in [4.78, 5) is 0.696. The molecule has 0 spiro atoms. The number of rotatable bonds is 1. The third-order valence-corrected chi connectivity index (χ3v) is 3.82. The fourth-order valence-corrected chi connectivity index (χ4v) is 2.85. The molecular weight excluding hydrogens is 200 g/mol. The zero-order valence-electron chi connectivity index (χ0n) is 7.24. The molecular formula is C10H10OS2. The average molecular weight is 210 g/mol. The van der Waals surface area contributed by atoms with Gasteiger partial charge in [-0.3, -0.25) is 0 Å². The number of thiol groups is 1. The Bertz CT molecular complexity index is 445. The fraction of sp³-hybridized carbons (Fsp3) is 0.200. The first-order valence-electron chi connectivity index (χ1n) is 4.15. The van der Waals surface area contributed by atoms with Crippen LogP contribution in [0.2, 0.25) is 0 Å². The molecule has 1 N–H and O–H groups in total. The van der Waals surface area contributed by atoms with Gasteiger partial charge in [-0.15, -0.1) is 24.0 Å². The monoisotopic (exact) mass is 210 g/mol. The van der Waals surface area contributed by atoms with E-state index in [1.54, 1.807) is 17.4 Å². The smallest absolute Gasteiger partial charge is 0.130 e. The number of fused-ring (bicyclic) bond motifs is 1. The Hall–Kier alpha value is -0.670. The van der Waals surface area contributed by atoms with Gasteiger partial charge < -0.3 is 5.11 Å². The minimum Gasteiger partial charge on any atom is -0.507 e. The highest BCUT2D eigenvalue weighted by molar-refractivity contribution is 7.80. The summed E-state index contributed by atoms with van der Waals surface area (Å²) in [5.41, 5.74) is 1.33. The standard InChI is InChI=1S/C10H10OS2/c1-2-6-5-13-10-7(6)3-4-8(11)9(10)12/h3-5,11-12H,2H2,1H3. The molecule has 0 unspecified atom stereocenters. The predicted molar refractivity (Wildman–Crippen MR) is 60.1 cm³/mol. The Morgan fingerprint density at radius 3 is 2.92 bits per heavy atom. The quantitative estimate of drug-likeness (QED) is 0.691. The summed E-state index contributed by atoms with van der Waals surface area (Å²) in [5, 5.41) is 12.8. The van der Waals surface area contributed by atoms with Gasteiger partial charge in [-0.05, 0) is 34.9 Å². The first-order valence-corrected chi connectivity index (χ1v) is 5.47. The van der Waals surface area contributed by atoms with E-state index >= 15 is 0 Å². The molecule has 68 valence electrons. The number of aryl methyl sites for hydroxylation is 1. The Morgan fingerprint density at radius 1 is 1.46 bits per heavy atom. The molecule has 0 saturated carbocycles. The van der Waals surface area contributed by atoms with Crippen LogP contribution in [0.25, 0.3) is 10.1 Å². The molecule has 0 bridgehead atoms. The SMILES string of the molecule is CCc1csc2c(S)c(O)ccc12. The van der Waals surface area contributed by atoms with E-state index in [2.05, 4.69) is 24.9 Å². The maximum Gasteiger partial charge on any atom is 0.130 e. The van der Waals surface area contributed by atoms with E-state index in [0.29, 0.717) is 4.90 Å². The first-order chi connectivity index (χ1) is 6.24. The summed E-state index contributed by atoms with van der Waals surface area (Å²) >= 11 is 5.92. The second-order valence-electron chi connectivity index (χ2n) is 2.92. The molecule has 0 saturated heterocycles. The molecule has 0 fully saturated rings. The maximum absolute atomic E-state index is 9.43. The van der Waals surface area contributed by atoms with Crippen LogP contribution in [0.5, 0.6) is 5.75 Å². The zero-order valence-corrected chi connectivity index (χ0v) is 8.95. The second kappa shape index (κ2) is 3.24. The number of thiophene rings is 1. The van der Waals surface area contributed by atoms with Crippen LogP contribution in [0.1, 0.15) is 12.5 Å². The average Bonchev–Trinajstić information content (AvgIpc) is 2.55. The van der Waals surface area contributed by atoms with Crippen molar-refractivity contribution in [3.05, 3.63) is 23.1 Å². The number of phenols is 1. The van der Waals surface area contributed by atoms with Crippen LogP contribution < -0.4 is 0 Å². The molecule has 1 nitrogen and oxygen atoms in total. The maximum atomic E-state index is 9.43. The predicted octanol–water partition coefficient (Wildman–Crippen LogP) is 3.46. The third kappa shape index (κ3) is 1.32. The van der Waals surface area contributed by atoms with Gasteiger partial charge in [-0.1, -0.05) is 6.92 Å². The van der Waals surface area contributed by atoms with E-state index in [-0.39, 0.29) is 5.75 Å². The zero-order chi connectivity index (χ0) is 9.42. The molecule has 0 radical (unpaired) electrons. The summed E-state index contributed by atoms with van der Waals surface area (Å²) in [6.07, 6.45) is 1.03. The number of hydrogen-bond donors (Lipinski definition) is 2. The van der Waals surface area contributed by atoms with Gasteiger partial charge in [0.1, 0.15) is 5.75 Å². The molecule has 3 heteroatoms. The molecule has 2 rings (SSSR count). The highest BCUT2D eigenvalue weighted by Crippen LogP contribution is 2.36. The van der Waals surface area contributed by atoms with Crippen molar-refractivity contribution >= 4 is 34.1 Å². The Balaban J connectivity index is 2.81. The van der Waals surface area contributed by atoms with E-state index in [9.17, 15) is 5.11 Å². The van der Waals surface area contributed by atoms with Crippen LogP contribution in [-0.4, -0.2) is 5.11 Å². The van der Waals surface area contributed by atoms with Crippen molar-refractivity contribution in [2.75, 3.05) is 0 Å². The summed E-state index contributed by atoms with van der Waals surface area (Å²) in [6.45, 7) is 2.13. The molecule has 2 aromatic rings. The Kier molecular flexibility index (Phi) is 2.22. The van der Waals surface area contributed by atoms with E-state index in [0.717, 1.165) is 11.1 Å². The second-order valence-corrected chi connectivity index (χ2v) is 4.25. The number of phenolic OH excluding ortho intramolecular Hbond substituents is 1. The molecule has 13 heavy (non-hydrogen) atoms. The molecule has 0 atom stereocenters. The summed E-state index contributed by atoms with van der Waals surface area (Å²) < 4.78 is 1.08. The summed E-state index contributed by atoms with van der Waals surface area (Å²) in [6, 6.07) is 3.66. The third-order valence-electron chi connectivity index (χ3n) is 2.16. The van der Waals surface area contributed by atoms with Crippen LogP contribution in [0.15, 0.2) is 22.4 Å². The van der Waals surface area contributed by atoms with E-state index < -0.39 is 0 Å².